The standard InChI is InChI=1S/C14H14ClNO2S/c1-8-9(2)19-7-11(8)14(17)16-12-6-10(15)4-5-13(12)18-3/h4-7H,1-3H3,(H,16,17). The van der Waals surface area contributed by atoms with Crippen molar-refractivity contribution in [2.45, 2.75) is 13.8 Å². The number of carbonyl (C=O) groups excluding carboxylic acids is 1. The monoisotopic (exact) mass is 295 g/mol. The number of amides is 1. The minimum absolute atomic E-state index is 0.151. The molecule has 1 heterocycles. The van der Waals surface area contributed by atoms with Gasteiger partial charge in [-0.15, -0.1) is 11.3 Å². The summed E-state index contributed by atoms with van der Waals surface area (Å²) in [6.07, 6.45) is 0. The van der Waals surface area contributed by atoms with E-state index in [1.54, 1.807) is 36.6 Å². The average molecular weight is 296 g/mol. The van der Waals surface area contributed by atoms with Gasteiger partial charge in [0.2, 0.25) is 0 Å². The van der Waals surface area contributed by atoms with E-state index in [0.29, 0.717) is 22.0 Å². The molecule has 0 spiro atoms. The normalized spacial score (nSPS) is 10.3. The second kappa shape index (κ2) is 5.63. The molecule has 2 aromatic rings. The van der Waals surface area contributed by atoms with Gasteiger partial charge in [0.05, 0.1) is 18.4 Å². The van der Waals surface area contributed by atoms with Crippen LogP contribution in [0.5, 0.6) is 5.75 Å². The topological polar surface area (TPSA) is 38.3 Å². The molecule has 0 atom stereocenters. The summed E-state index contributed by atoms with van der Waals surface area (Å²) in [5, 5.41) is 5.24. The van der Waals surface area contributed by atoms with E-state index in [2.05, 4.69) is 5.32 Å². The van der Waals surface area contributed by atoms with Crippen molar-refractivity contribution in [3.05, 3.63) is 44.6 Å². The smallest absolute Gasteiger partial charge is 0.256 e. The summed E-state index contributed by atoms with van der Waals surface area (Å²) in [7, 11) is 1.55. The van der Waals surface area contributed by atoms with Crippen LogP contribution in [0.1, 0.15) is 20.8 Å². The first-order valence-electron chi connectivity index (χ1n) is 5.72. The lowest BCUT2D eigenvalue weighted by Crippen LogP contribution is -2.13. The van der Waals surface area contributed by atoms with Crippen LogP contribution in [-0.4, -0.2) is 13.0 Å². The number of rotatable bonds is 3. The number of thiophene rings is 1. The van der Waals surface area contributed by atoms with Gasteiger partial charge in [-0.1, -0.05) is 11.6 Å². The van der Waals surface area contributed by atoms with E-state index in [0.717, 1.165) is 10.4 Å². The van der Waals surface area contributed by atoms with Crippen LogP contribution >= 0.6 is 22.9 Å². The second-order valence-corrected chi connectivity index (χ2v) is 5.65. The molecule has 100 valence electrons. The molecule has 0 aliphatic heterocycles. The molecule has 1 aromatic carbocycles. The highest BCUT2D eigenvalue weighted by Gasteiger charge is 2.14. The fourth-order valence-electron chi connectivity index (χ4n) is 1.71. The summed E-state index contributed by atoms with van der Waals surface area (Å²) in [5.41, 5.74) is 2.26. The molecule has 1 aromatic heterocycles. The van der Waals surface area contributed by atoms with Gasteiger partial charge in [0.25, 0.3) is 5.91 Å². The molecule has 0 aliphatic carbocycles. The third-order valence-electron chi connectivity index (χ3n) is 2.94. The van der Waals surface area contributed by atoms with E-state index in [1.807, 2.05) is 19.2 Å². The Morgan fingerprint density at radius 3 is 2.68 bits per heavy atom. The van der Waals surface area contributed by atoms with Crippen molar-refractivity contribution in [3.8, 4) is 5.75 Å². The molecule has 3 nitrogen and oxygen atoms in total. The maximum absolute atomic E-state index is 12.2. The van der Waals surface area contributed by atoms with Crippen LogP contribution in [0.3, 0.4) is 0 Å². The molecule has 1 amide bonds. The van der Waals surface area contributed by atoms with Crippen molar-refractivity contribution < 1.29 is 9.53 Å². The van der Waals surface area contributed by atoms with Gasteiger partial charge >= 0.3 is 0 Å². The lowest BCUT2D eigenvalue weighted by atomic mass is 10.1. The van der Waals surface area contributed by atoms with Crippen molar-refractivity contribution in [3.63, 3.8) is 0 Å². The zero-order chi connectivity index (χ0) is 14.0. The number of hydrogen-bond acceptors (Lipinski definition) is 3. The quantitative estimate of drug-likeness (QED) is 0.918. The third kappa shape index (κ3) is 2.91. The van der Waals surface area contributed by atoms with Gasteiger partial charge in [0, 0.05) is 15.3 Å². The Balaban J connectivity index is 2.28. The molecule has 0 unspecified atom stereocenters. The first-order valence-corrected chi connectivity index (χ1v) is 6.98. The van der Waals surface area contributed by atoms with Gasteiger partial charge in [-0.05, 0) is 37.6 Å². The fraction of sp³-hybridized carbons (Fsp3) is 0.214. The summed E-state index contributed by atoms with van der Waals surface area (Å²) in [6, 6.07) is 5.12. The van der Waals surface area contributed by atoms with Gasteiger partial charge in [0.15, 0.2) is 0 Å². The first-order chi connectivity index (χ1) is 9.02. The second-order valence-electron chi connectivity index (χ2n) is 4.13. The van der Waals surface area contributed by atoms with Crippen LogP contribution in [-0.2, 0) is 0 Å². The maximum atomic E-state index is 12.2. The number of benzene rings is 1. The molecule has 5 heteroatoms. The summed E-state index contributed by atoms with van der Waals surface area (Å²) < 4.78 is 5.20. The van der Waals surface area contributed by atoms with Crippen LogP contribution in [0.25, 0.3) is 0 Å². The van der Waals surface area contributed by atoms with Crippen molar-refractivity contribution in [1.29, 1.82) is 0 Å². The minimum Gasteiger partial charge on any atom is -0.495 e. The van der Waals surface area contributed by atoms with Gasteiger partial charge in [-0.2, -0.15) is 0 Å². The molecule has 0 saturated carbocycles. The highest BCUT2D eigenvalue weighted by molar-refractivity contribution is 7.10. The Hall–Kier alpha value is -1.52. The molecular formula is C14H14ClNO2S. The Labute approximate surface area is 121 Å². The predicted octanol–water partition coefficient (Wildman–Crippen LogP) is 4.28. The van der Waals surface area contributed by atoms with E-state index >= 15 is 0 Å². The highest BCUT2D eigenvalue weighted by Crippen LogP contribution is 2.29. The summed E-state index contributed by atoms with van der Waals surface area (Å²) in [4.78, 5) is 13.4. The molecule has 0 saturated heterocycles. The van der Waals surface area contributed by atoms with Crippen molar-refractivity contribution in [2.75, 3.05) is 12.4 Å². The Morgan fingerprint density at radius 1 is 1.37 bits per heavy atom. The molecule has 0 radical (unpaired) electrons. The Kier molecular flexibility index (Phi) is 4.12. The van der Waals surface area contributed by atoms with Gasteiger partial charge < -0.3 is 10.1 Å². The van der Waals surface area contributed by atoms with Crippen LogP contribution < -0.4 is 10.1 Å². The van der Waals surface area contributed by atoms with E-state index in [1.165, 1.54) is 0 Å². The van der Waals surface area contributed by atoms with Crippen molar-refractivity contribution >= 4 is 34.5 Å². The third-order valence-corrected chi connectivity index (χ3v) is 4.19. The zero-order valence-electron chi connectivity index (χ0n) is 10.9. The molecule has 0 fully saturated rings. The Bertz CT molecular complexity index is 622. The number of hydrogen-bond donors (Lipinski definition) is 1. The number of carbonyl (C=O) groups is 1. The Morgan fingerprint density at radius 2 is 2.11 bits per heavy atom. The lowest BCUT2D eigenvalue weighted by Gasteiger charge is -2.10. The molecule has 1 N–H and O–H groups in total. The maximum Gasteiger partial charge on any atom is 0.256 e. The fourth-order valence-corrected chi connectivity index (χ4v) is 2.74. The number of halogens is 1. The highest BCUT2D eigenvalue weighted by atomic mass is 35.5. The zero-order valence-corrected chi connectivity index (χ0v) is 12.5. The van der Waals surface area contributed by atoms with Crippen molar-refractivity contribution in [2.24, 2.45) is 0 Å². The number of anilines is 1. The predicted molar refractivity (Wildman–Crippen MR) is 79.8 cm³/mol. The summed E-state index contributed by atoms with van der Waals surface area (Å²) in [5.74, 6) is 0.435. The molecule has 2 rings (SSSR count). The largest absolute Gasteiger partial charge is 0.495 e. The number of aryl methyl sites for hydroxylation is 1. The molecular weight excluding hydrogens is 282 g/mol. The molecule has 19 heavy (non-hydrogen) atoms. The van der Waals surface area contributed by atoms with E-state index in [4.69, 9.17) is 16.3 Å². The summed E-state index contributed by atoms with van der Waals surface area (Å²) >= 11 is 7.50. The molecule has 0 bridgehead atoms. The van der Waals surface area contributed by atoms with E-state index in [-0.39, 0.29) is 5.91 Å². The lowest BCUT2D eigenvalue weighted by molar-refractivity contribution is 0.102. The van der Waals surface area contributed by atoms with Gasteiger partial charge in [0.1, 0.15) is 5.75 Å². The van der Waals surface area contributed by atoms with E-state index in [9.17, 15) is 4.79 Å². The van der Waals surface area contributed by atoms with Crippen molar-refractivity contribution in [1.82, 2.24) is 0 Å². The number of methoxy groups -OCH3 is 1. The number of nitrogens with one attached hydrogen (secondary N) is 1. The van der Waals surface area contributed by atoms with E-state index < -0.39 is 0 Å². The average Bonchev–Trinajstić information content (AvgIpc) is 2.70. The minimum atomic E-state index is -0.151. The van der Waals surface area contributed by atoms with Crippen LogP contribution in [0, 0.1) is 13.8 Å². The molecule has 0 aliphatic rings. The summed E-state index contributed by atoms with van der Waals surface area (Å²) in [6.45, 7) is 3.94. The SMILES string of the molecule is COc1ccc(Cl)cc1NC(=O)c1csc(C)c1C. The van der Waals surface area contributed by atoms with Crippen LogP contribution in [0.15, 0.2) is 23.6 Å². The van der Waals surface area contributed by atoms with Crippen LogP contribution in [0.4, 0.5) is 5.69 Å². The van der Waals surface area contributed by atoms with Gasteiger partial charge in [-0.25, -0.2) is 0 Å². The van der Waals surface area contributed by atoms with Crippen LogP contribution in [0.2, 0.25) is 5.02 Å². The van der Waals surface area contributed by atoms with Gasteiger partial charge in [-0.3, -0.25) is 4.79 Å². The number of ether oxygens (including phenoxy) is 1. The first kappa shape index (κ1) is 13.9.